The molecular formula is C24H27N5O2S. The van der Waals surface area contributed by atoms with Crippen LogP contribution < -0.4 is 10.6 Å². The molecule has 0 radical (unpaired) electrons. The second kappa shape index (κ2) is 11.3. The first kappa shape index (κ1) is 23.3. The summed E-state index contributed by atoms with van der Waals surface area (Å²) in [6.45, 7) is 8.55. The van der Waals surface area contributed by atoms with Gasteiger partial charge in [-0.05, 0) is 43.2 Å². The van der Waals surface area contributed by atoms with E-state index >= 15 is 0 Å². The first-order chi connectivity index (χ1) is 15.5. The maximum Gasteiger partial charge on any atom is 0.251 e. The number of nitrogens with one attached hydrogen (secondary N) is 2. The summed E-state index contributed by atoms with van der Waals surface area (Å²) in [6, 6.07) is 15.2. The third-order valence-corrected chi connectivity index (χ3v) is 5.77. The standard InChI is InChI=1S/C24H27N5O2S/c1-4-14-29-21(15-25-23(31)19-10-6-17(3)7-11-19)27-28-24(29)32-16-22(30)26-20-12-8-18(5-2)9-13-20/h4,6-13H,1,5,14-16H2,2-3H3,(H,25,31)(H,26,30). The Balaban J connectivity index is 1.58. The number of nitrogens with zero attached hydrogens (tertiary/aromatic N) is 3. The van der Waals surface area contributed by atoms with Crippen molar-refractivity contribution >= 4 is 29.3 Å². The zero-order chi connectivity index (χ0) is 22.9. The van der Waals surface area contributed by atoms with Gasteiger partial charge in [0.1, 0.15) is 0 Å². The molecule has 0 aliphatic carbocycles. The van der Waals surface area contributed by atoms with Crippen LogP contribution in [0.5, 0.6) is 0 Å². The first-order valence-corrected chi connectivity index (χ1v) is 11.4. The molecule has 1 heterocycles. The zero-order valence-electron chi connectivity index (χ0n) is 18.3. The second-order valence-electron chi connectivity index (χ2n) is 7.23. The Kier molecular flexibility index (Phi) is 8.21. The van der Waals surface area contributed by atoms with E-state index in [1.165, 1.54) is 17.3 Å². The van der Waals surface area contributed by atoms with Crippen molar-refractivity contribution in [1.29, 1.82) is 0 Å². The van der Waals surface area contributed by atoms with E-state index in [9.17, 15) is 9.59 Å². The quantitative estimate of drug-likeness (QED) is 0.361. The molecule has 8 heteroatoms. The predicted octanol–water partition coefficient (Wildman–Crippen LogP) is 4.00. The van der Waals surface area contributed by atoms with Crippen molar-refractivity contribution in [3.63, 3.8) is 0 Å². The van der Waals surface area contributed by atoms with Gasteiger partial charge >= 0.3 is 0 Å². The fraction of sp³-hybridized carbons (Fsp3) is 0.250. The van der Waals surface area contributed by atoms with Crippen LogP contribution in [0.15, 0.2) is 66.3 Å². The van der Waals surface area contributed by atoms with Gasteiger partial charge < -0.3 is 15.2 Å². The van der Waals surface area contributed by atoms with Gasteiger partial charge in [0.25, 0.3) is 5.91 Å². The lowest BCUT2D eigenvalue weighted by molar-refractivity contribution is -0.113. The van der Waals surface area contributed by atoms with Crippen molar-refractivity contribution in [1.82, 2.24) is 20.1 Å². The Bertz CT molecular complexity index is 1070. The topological polar surface area (TPSA) is 88.9 Å². The molecule has 2 amide bonds. The van der Waals surface area contributed by atoms with Crippen LogP contribution in [0.1, 0.15) is 34.2 Å². The summed E-state index contributed by atoms with van der Waals surface area (Å²) in [5.74, 6) is 0.492. The van der Waals surface area contributed by atoms with Crippen LogP contribution in [-0.2, 0) is 24.3 Å². The van der Waals surface area contributed by atoms with Gasteiger partial charge in [0, 0.05) is 17.8 Å². The summed E-state index contributed by atoms with van der Waals surface area (Å²) in [4.78, 5) is 24.7. The van der Waals surface area contributed by atoms with Gasteiger partial charge in [0.15, 0.2) is 11.0 Å². The zero-order valence-corrected chi connectivity index (χ0v) is 19.1. The SMILES string of the molecule is C=CCn1c(CNC(=O)c2ccc(C)cc2)nnc1SCC(=O)Nc1ccc(CC)cc1. The first-order valence-electron chi connectivity index (χ1n) is 10.4. The van der Waals surface area contributed by atoms with Crippen LogP contribution in [-0.4, -0.2) is 32.3 Å². The number of amides is 2. The van der Waals surface area contributed by atoms with Gasteiger partial charge in [-0.3, -0.25) is 9.59 Å². The molecule has 0 saturated carbocycles. The summed E-state index contributed by atoms with van der Waals surface area (Å²) in [6.07, 6.45) is 2.69. The minimum Gasteiger partial charge on any atom is -0.345 e. The van der Waals surface area contributed by atoms with Crippen molar-refractivity contribution in [2.24, 2.45) is 0 Å². The average molecular weight is 450 g/mol. The van der Waals surface area contributed by atoms with Crippen molar-refractivity contribution in [3.05, 3.63) is 83.7 Å². The molecule has 0 bridgehead atoms. The molecule has 1 aromatic heterocycles. The summed E-state index contributed by atoms with van der Waals surface area (Å²) < 4.78 is 1.84. The van der Waals surface area contributed by atoms with Gasteiger partial charge in [-0.15, -0.1) is 16.8 Å². The second-order valence-corrected chi connectivity index (χ2v) is 8.18. The third kappa shape index (κ3) is 6.31. The van der Waals surface area contributed by atoms with Gasteiger partial charge in [-0.2, -0.15) is 0 Å². The van der Waals surface area contributed by atoms with Crippen LogP contribution in [0.3, 0.4) is 0 Å². The number of aromatic nitrogens is 3. The molecule has 0 aliphatic heterocycles. The number of carbonyl (C=O) groups is 2. The molecule has 7 nitrogen and oxygen atoms in total. The monoisotopic (exact) mass is 449 g/mol. The maximum absolute atomic E-state index is 12.4. The number of anilines is 1. The highest BCUT2D eigenvalue weighted by Gasteiger charge is 2.15. The van der Waals surface area contributed by atoms with Crippen LogP contribution in [0.4, 0.5) is 5.69 Å². The van der Waals surface area contributed by atoms with Crippen molar-refractivity contribution < 1.29 is 9.59 Å². The van der Waals surface area contributed by atoms with E-state index in [1.54, 1.807) is 18.2 Å². The van der Waals surface area contributed by atoms with Gasteiger partial charge in [0.05, 0.1) is 12.3 Å². The van der Waals surface area contributed by atoms with E-state index in [4.69, 9.17) is 0 Å². The predicted molar refractivity (Wildman–Crippen MR) is 128 cm³/mol. The average Bonchev–Trinajstić information content (AvgIpc) is 3.19. The molecule has 0 atom stereocenters. The normalized spacial score (nSPS) is 10.6. The Hall–Kier alpha value is -3.39. The van der Waals surface area contributed by atoms with Crippen LogP contribution in [0, 0.1) is 6.92 Å². The van der Waals surface area contributed by atoms with E-state index in [2.05, 4.69) is 34.3 Å². The molecule has 2 N–H and O–H groups in total. The molecule has 2 aromatic carbocycles. The molecule has 0 fully saturated rings. The lowest BCUT2D eigenvalue weighted by Crippen LogP contribution is -2.24. The number of benzene rings is 2. The highest BCUT2D eigenvalue weighted by atomic mass is 32.2. The summed E-state index contributed by atoms with van der Waals surface area (Å²) in [5, 5.41) is 14.7. The molecule has 3 rings (SSSR count). The number of rotatable bonds is 10. The Morgan fingerprint density at radius 3 is 2.47 bits per heavy atom. The fourth-order valence-corrected chi connectivity index (χ4v) is 3.75. The van der Waals surface area contributed by atoms with E-state index < -0.39 is 0 Å². The lowest BCUT2D eigenvalue weighted by atomic mass is 10.1. The van der Waals surface area contributed by atoms with Crippen LogP contribution >= 0.6 is 11.8 Å². The van der Waals surface area contributed by atoms with E-state index in [0.717, 1.165) is 17.7 Å². The third-order valence-electron chi connectivity index (χ3n) is 4.80. The molecular weight excluding hydrogens is 422 g/mol. The van der Waals surface area contributed by atoms with E-state index in [0.29, 0.717) is 23.1 Å². The minimum absolute atomic E-state index is 0.123. The molecule has 0 unspecified atom stereocenters. The number of hydrogen-bond donors (Lipinski definition) is 2. The summed E-state index contributed by atoms with van der Waals surface area (Å²) in [5.41, 5.74) is 3.66. The fourth-order valence-electron chi connectivity index (χ4n) is 2.99. The number of hydrogen-bond acceptors (Lipinski definition) is 5. The van der Waals surface area contributed by atoms with Crippen LogP contribution in [0.2, 0.25) is 0 Å². The highest BCUT2D eigenvalue weighted by molar-refractivity contribution is 7.99. The molecule has 32 heavy (non-hydrogen) atoms. The van der Waals surface area contributed by atoms with E-state index in [-0.39, 0.29) is 24.1 Å². The van der Waals surface area contributed by atoms with Gasteiger partial charge in [0.2, 0.25) is 5.91 Å². The highest BCUT2D eigenvalue weighted by Crippen LogP contribution is 2.18. The Morgan fingerprint density at radius 2 is 1.81 bits per heavy atom. The molecule has 3 aromatic rings. The van der Waals surface area contributed by atoms with Gasteiger partial charge in [-0.1, -0.05) is 54.6 Å². The number of aryl methyl sites for hydroxylation is 2. The van der Waals surface area contributed by atoms with Crippen molar-refractivity contribution in [3.8, 4) is 0 Å². The lowest BCUT2D eigenvalue weighted by Gasteiger charge is -2.09. The van der Waals surface area contributed by atoms with Crippen molar-refractivity contribution in [2.75, 3.05) is 11.1 Å². The van der Waals surface area contributed by atoms with Crippen LogP contribution in [0.25, 0.3) is 0 Å². The molecule has 0 spiro atoms. The summed E-state index contributed by atoms with van der Waals surface area (Å²) in [7, 11) is 0. The minimum atomic E-state index is -0.180. The molecule has 166 valence electrons. The number of thioether (sulfide) groups is 1. The largest absolute Gasteiger partial charge is 0.345 e. The molecule has 0 saturated heterocycles. The summed E-state index contributed by atoms with van der Waals surface area (Å²) >= 11 is 1.29. The maximum atomic E-state index is 12.4. The number of carbonyl (C=O) groups excluding carboxylic acids is 2. The smallest absolute Gasteiger partial charge is 0.251 e. The van der Waals surface area contributed by atoms with E-state index in [1.807, 2.05) is 47.9 Å². The number of allylic oxidation sites excluding steroid dienone is 1. The Labute approximate surface area is 192 Å². The van der Waals surface area contributed by atoms with Crippen molar-refractivity contribution in [2.45, 2.75) is 38.5 Å². The van der Waals surface area contributed by atoms with Gasteiger partial charge in [-0.25, -0.2) is 0 Å². The molecule has 0 aliphatic rings. The Morgan fingerprint density at radius 1 is 1.09 bits per heavy atom.